The molecule has 1 aromatic carbocycles. The molecule has 0 bridgehead atoms. The van der Waals surface area contributed by atoms with Gasteiger partial charge in [0.2, 0.25) is 0 Å². The Hall–Kier alpha value is -2.83. The number of carbonyl (C=O) groups excluding carboxylic acids is 1. The molecule has 0 amide bonds. The number of aliphatic hydroxyl groups excluding tert-OH is 1. The number of halogens is 1. The molecule has 1 aliphatic heterocycles. The fourth-order valence-electron chi connectivity index (χ4n) is 3.19. The van der Waals surface area contributed by atoms with Crippen LogP contribution in [0.1, 0.15) is 27.0 Å². The van der Waals surface area contributed by atoms with Crippen molar-refractivity contribution in [1.29, 1.82) is 0 Å². The molecular formula is C21H28FN4O8P. The number of hydrogen-bond acceptors (Lipinski definition) is 10. The maximum Gasteiger partial charge on any atom is 0.459 e. The number of nitrogen functional groups attached to an aromatic ring is 1. The van der Waals surface area contributed by atoms with Gasteiger partial charge >= 0.3 is 19.4 Å². The predicted molar refractivity (Wildman–Crippen MR) is 122 cm³/mol. The van der Waals surface area contributed by atoms with Crippen molar-refractivity contribution in [1.82, 2.24) is 14.6 Å². The molecule has 2 aromatic rings. The highest BCUT2D eigenvalue weighted by molar-refractivity contribution is 7.52. The second kappa shape index (κ2) is 11.3. The van der Waals surface area contributed by atoms with Gasteiger partial charge < -0.3 is 24.8 Å². The van der Waals surface area contributed by atoms with Crippen LogP contribution in [0.2, 0.25) is 0 Å². The Kier molecular flexibility index (Phi) is 8.62. The Morgan fingerprint density at radius 3 is 2.63 bits per heavy atom. The molecule has 192 valence electrons. The first kappa shape index (κ1) is 26.8. The Morgan fingerprint density at radius 1 is 1.31 bits per heavy atom. The van der Waals surface area contributed by atoms with Gasteiger partial charge in [-0.3, -0.25) is 13.9 Å². The van der Waals surface area contributed by atoms with E-state index in [0.29, 0.717) is 0 Å². The highest BCUT2D eigenvalue weighted by Crippen LogP contribution is 2.46. The Morgan fingerprint density at radius 2 is 2.00 bits per heavy atom. The van der Waals surface area contributed by atoms with Gasteiger partial charge in [-0.25, -0.2) is 13.8 Å². The summed E-state index contributed by atoms with van der Waals surface area (Å²) in [5, 5.41) is 12.8. The lowest BCUT2D eigenvalue weighted by atomic mass is 10.1. The van der Waals surface area contributed by atoms with Gasteiger partial charge in [-0.05, 0) is 39.0 Å². The molecule has 6 atom stereocenters. The summed E-state index contributed by atoms with van der Waals surface area (Å²) in [6.45, 7) is 4.12. The third kappa shape index (κ3) is 6.86. The number of aromatic nitrogens is 2. The van der Waals surface area contributed by atoms with Crippen molar-refractivity contribution in [3.05, 3.63) is 53.1 Å². The smallest absolute Gasteiger partial charge is 0.459 e. The number of aliphatic hydroxyl groups is 1. The van der Waals surface area contributed by atoms with Gasteiger partial charge in [0.15, 0.2) is 12.4 Å². The van der Waals surface area contributed by atoms with Gasteiger partial charge in [-0.2, -0.15) is 10.1 Å². The van der Waals surface area contributed by atoms with E-state index in [1.54, 1.807) is 32.0 Å². The number of alkyl halides is 1. The van der Waals surface area contributed by atoms with Crippen LogP contribution >= 0.6 is 7.75 Å². The van der Waals surface area contributed by atoms with Crippen LogP contribution in [0.4, 0.5) is 10.2 Å². The van der Waals surface area contributed by atoms with Gasteiger partial charge in [0.25, 0.3) is 0 Å². The lowest BCUT2D eigenvalue weighted by Crippen LogP contribution is -2.37. The number of carbonyl (C=O) groups is 1. The van der Waals surface area contributed by atoms with Crippen LogP contribution in [-0.2, 0) is 23.4 Å². The molecule has 1 saturated heterocycles. The highest BCUT2D eigenvalue weighted by atomic mass is 31.2. The van der Waals surface area contributed by atoms with Gasteiger partial charge in [-0.15, -0.1) is 0 Å². The van der Waals surface area contributed by atoms with Gasteiger partial charge in [-0.1, -0.05) is 18.2 Å². The van der Waals surface area contributed by atoms with Gasteiger partial charge in [0, 0.05) is 6.20 Å². The topological polar surface area (TPSA) is 164 Å². The summed E-state index contributed by atoms with van der Waals surface area (Å²) in [5.74, 6) is -0.589. The highest BCUT2D eigenvalue weighted by Gasteiger charge is 2.47. The van der Waals surface area contributed by atoms with Crippen molar-refractivity contribution in [2.24, 2.45) is 0 Å². The maximum absolute atomic E-state index is 14.8. The number of esters is 1. The van der Waals surface area contributed by atoms with E-state index < -0.39 is 62.8 Å². The number of nitrogens with zero attached hydrogens (tertiary/aromatic N) is 2. The molecular weight excluding hydrogens is 486 g/mol. The zero-order valence-electron chi connectivity index (χ0n) is 19.3. The van der Waals surface area contributed by atoms with Crippen LogP contribution in [-0.4, -0.2) is 57.8 Å². The van der Waals surface area contributed by atoms with Crippen molar-refractivity contribution in [2.45, 2.75) is 57.5 Å². The molecule has 0 radical (unpaired) electrons. The number of benzene rings is 1. The van der Waals surface area contributed by atoms with E-state index in [4.69, 9.17) is 24.3 Å². The molecule has 1 aromatic heterocycles. The summed E-state index contributed by atoms with van der Waals surface area (Å²) in [7, 11) is -4.26. The Balaban J connectivity index is 1.75. The second-order valence-corrected chi connectivity index (χ2v) is 9.77. The van der Waals surface area contributed by atoms with Crippen LogP contribution in [0.3, 0.4) is 0 Å². The fourth-order valence-corrected chi connectivity index (χ4v) is 4.69. The number of ether oxygens (including phenoxy) is 2. The van der Waals surface area contributed by atoms with E-state index in [2.05, 4.69) is 10.1 Å². The molecule has 1 aliphatic rings. The molecule has 12 nitrogen and oxygen atoms in total. The van der Waals surface area contributed by atoms with E-state index in [-0.39, 0.29) is 11.6 Å². The fraction of sp³-hybridized carbons (Fsp3) is 0.476. The number of anilines is 1. The maximum atomic E-state index is 14.8. The Bertz CT molecular complexity index is 1120. The van der Waals surface area contributed by atoms with Crippen molar-refractivity contribution in [3.63, 3.8) is 0 Å². The monoisotopic (exact) mass is 514 g/mol. The number of rotatable bonds is 10. The van der Waals surface area contributed by atoms with E-state index in [0.717, 1.165) is 4.57 Å². The second-order valence-electron chi connectivity index (χ2n) is 8.08. The molecule has 4 N–H and O–H groups in total. The van der Waals surface area contributed by atoms with Gasteiger partial charge in [0.05, 0.1) is 12.7 Å². The van der Waals surface area contributed by atoms with E-state index in [1.165, 1.54) is 31.3 Å². The van der Waals surface area contributed by atoms with E-state index in [9.17, 15) is 23.7 Å². The van der Waals surface area contributed by atoms with Crippen molar-refractivity contribution in [2.75, 3.05) is 12.3 Å². The molecule has 3 rings (SSSR count). The molecule has 1 fully saturated rings. The minimum absolute atomic E-state index is 0.0599. The molecule has 14 heteroatoms. The quantitative estimate of drug-likeness (QED) is 0.311. The number of para-hydroxylation sites is 1. The Labute approximate surface area is 200 Å². The van der Waals surface area contributed by atoms with E-state index >= 15 is 0 Å². The third-order valence-electron chi connectivity index (χ3n) is 4.85. The first-order chi connectivity index (χ1) is 16.5. The number of nitrogens with two attached hydrogens (primary N) is 1. The minimum Gasteiger partial charge on any atom is -0.462 e. The first-order valence-electron chi connectivity index (χ1n) is 10.8. The molecule has 0 saturated carbocycles. The lowest BCUT2D eigenvalue weighted by molar-refractivity contribution is -0.149. The minimum atomic E-state index is -4.26. The zero-order chi connectivity index (χ0) is 25.8. The predicted octanol–water partition coefficient (Wildman–Crippen LogP) is 1.56. The third-order valence-corrected chi connectivity index (χ3v) is 6.50. The van der Waals surface area contributed by atoms with Crippen molar-refractivity contribution in [3.8, 4) is 5.75 Å². The molecule has 35 heavy (non-hydrogen) atoms. The van der Waals surface area contributed by atoms with Crippen LogP contribution < -0.4 is 21.0 Å². The number of hydrogen-bond donors (Lipinski definition) is 3. The standard InChI is InChI=1S/C21H28FN4O8P/c1-12(2)32-20(28)13(3)25-35(30,34-14-7-5-4-6-8-14)31-11-15-18(27)17(22)19(33-15)26-10-9-16(23)24-21(26)29/h4-10,12-13,15,17-19,27H,11H2,1-3H3,(H,25,30)(H2,23,24,29)/t13-,15-,17+,18-,19-,35?/m1/s1. The normalized spacial score (nSPS) is 24.6. The largest absolute Gasteiger partial charge is 0.462 e. The van der Waals surface area contributed by atoms with E-state index in [1.807, 2.05) is 0 Å². The SMILES string of the molecule is CC(C)OC(=O)[C@@H](C)NP(=O)(OC[C@H]1O[C@@H](n2ccc(N)nc2=O)[C@@H](F)[C@@H]1O)Oc1ccccc1. The number of nitrogens with one attached hydrogen (secondary N) is 1. The van der Waals surface area contributed by atoms with Crippen LogP contribution in [0, 0.1) is 0 Å². The summed E-state index contributed by atoms with van der Waals surface area (Å²) in [4.78, 5) is 27.8. The van der Waals surface area contributed by atoms with Crippen molar-refractivity contribution >= 4 is 19.5 Å². The van der Waals surface area contributed by atoms with Crippen molar-refractivity contribution < 1.29 is 37.4 Å². The molecule has 2 heterocycles. The average Bonchev–Trinajstić information content (AvgIpc) is 3.06. The molecule has 0 spiro atoms. The van der Waals surface area contributed by atoms with Gasteiger partial charge in [0.1, 0.15) is 29.8 Å². The first-order valence-corrected chi connectivity index (χ1v) is 12.3. The van der Waals surface area contributed by atoms with Crippen LogP contribution in [0.25, 0.3) is 0 Å². The van der Waals surface area contributed by atoms with Crippen LogP contribution in [0.5, 0.6) is 5.75 Å². The summed E-state index contributed by atoms with van der Waals surface area (Å²) >= 11 is 0. The average molecular weight is 514 g/mol. The summed E-state index contributed by atoms with van der Waals surface area (Å²) < 4.78 is 50.6. The molecule has 1 unspecified atom stereocenters. The summed E-state index contributed by atoms with van der Waals surface area (Å²) in [5.41, 5.74) is 4.58. The lowest BCUT2D eigenvalue weighted by Gasteiger charge is -2.25. The van der Waals surface area contributed by atoms with Crippen LogP contribution in [0.15, 0.2) is 47.4 Å². The zero-order valence-corrected chi connectivity index (χ0v) is 20.2. The summed E-state index contributed by atoms with van der Waals surface area (Å²) in [6.07, 6.45) is -5.81. The molecule has 0 aliphatic carbocycles. The summed E-state index contributed by atoms with van der Waals surface area (Å²) in [6, 6.07) is 8.20.